The molecule has 2 N–H and O–H groups in total. The Hall–Kier alpha value is -3.23. The second-order valence-corrected chi connectivity index (χ2v) is 7.77. The first-order chi connectivity index (χ1) is 15.0. The summed E-state index contributed by atoms with van der Waals surface area (Å²) in [7, 11) is 0. The molecule has 1 aromatic heterocycles. The maximum atomic E-state index is 12.6. The van der Waals surface area contributed by atoms with Gasteiger partial charge in [-0.1, -0.05) is 29.8 Å². The molecule has 1 aliphatic rings. The Bertz CT molecular complexity index is 1170. The minimum atomic E-state index is -0.419. The quantitative estimate of drug-likeness (QED) is 0.631. The van der Waals surface area contributed by atoms with Gasteiger partial charge in [-0.2, -0.15) is 0 Å². The van der Waals surface area contributed by atoms with Crippen LogP contribution in [0.15, 0.2) is 53.3 Å². The predicted molar refractivity (Wildman–Crippen MR) is 118 cm³/mol. The van der Waals surface area contributed by atoms with E-state index in [2.05, 4.69) is 20.2 Å². The number of rotatable bonds is 5. The summed E-state index contributed by atoms with van der Waals surface area (Å²) in [6, 6.07) is 13.8. The molecule has 0 unspecified atom stereocenters. The number of hydrogen-bond donors (Lipinski definition) is 2. The molecular formula is C22H22ClN5O3. The number of benzene rings is 2. The third-order valence-corrected chi connectivity index (χ3v) is 5.51. The van der Waals surface area contributed by atoms with E-state index in [-0.39, 0.29) is 17.3 Å². The molecule has 2 heterocycles. The Kier molecular flexibility index (Phi) is 6.29. The SMILES string of the molecule is O=C(NCCN1CCN(C(=O)c2cccc(Cl)c2)CC1)c1nc2ccccc2c(=O)[nH]1. The largest absolute Gasteiger partial charge is 0.348 e. The highest BCUT2D eigenvalue weighted by Crippen LogP contribution is 2.14. The van der Waals surface area contributed by atoms with Crippen LogP contribution < -0.4 is 10.9 Å². The average Bonchev–Trinajstić information content (AvgIpc) is 2.79. The standard InChI is InChI=1S/C22H22ClN5O3/c23-16-5-3-4-15(14-16)22(31)28-12-10-27(11-13-28)9-8-24-21(30)19-25-18-7-2-1-6-17(18)20(29)26-19/h1-7,14H,8-13H2,(H,24,30)(H,25,26,29). The lowest BCUT2D eigenvalue weighted by Gasteiger charge is -2.34. The zero-order valence-electron chi connectivity index (χ0n) is 16.8. The molecule has 0 aliphatic carbocycles. The molecule has 0 radical (unpaired) electrons. The highest BCUT2D eigenvalue weighted by molar-refractivity contribution is 6.30. The van der Waals surface area contributed by atoms with Crippen LogP contribution in [-0.4, -0.2) is 70.9 Å². The number of fused-ring (bicyclic) bond motifs is 1. The number of amides is 2. The van der Waals surface area contributed by atoms with Gasteiger partial charge in [0.05, 0.1) is 10.9 Å². The van der Waals surface area contributed by atoms with Gasteiger partial charge < -0.3 is 15.2 Å². The van der Waals surface area contributed by atoms with E-state index in [1.807, 2.05) is 4.90 Å². The lowest BCUT2D eigenvalue weighted by molar-refractivity contribution is 0.0638. The Morgan fingerprint density at radius 3 is 2.61 bits per heavy atom. The molecule has 160 valence electrons. The van der Waals surface area contributed by atoms with Gasteiger partial charge in [0.2, 0.25) is 0 Å². The zero-order valence-corrected chi connectivity index (χ0v) is 17.6. The summed E-state index contributed by atoms with van der Waals surface area (Å²) in [6.45, 7) is 3.71. The van der Waals surface area contributed by atoms with Gasteiger partial charge in [0.25, 0.3) is 17.4 Å². The van der Waals surface area contributed by atoms with Crippen molar-refractivity contribution in [2.75, 3.05) is 39.3 Å². The van der Waals surface area contributed by atoms with E-state index in [0.717, 1.165) is 0 Å². The van der Waals surface area contributed by atoms with Crippen molar-refractivity contribution in [2.24, 2.45) is 0 Å². The summed E-state index contributed by atoms with van der Waals surface area (Å²) in [4.78, 5) is 47.8. The van der Waals surface area contributed by atoms with E-state index < -0.39 is 5.91 Å². The topological polar surface area (TPSA) is 98.4 Å². The summed E-state index contributed by atoms with van der Waals surface area (Å²) < 4.78 is 0. The van der Waals surface area contributed by atoms with E-state index in [1.165, 1.54) is 0 Å². The van der Waals surface area contributed by atoms with Gasteiger partial charge in [0, 0.05) is 49.9 Å². The van der Waals surface area contributed by atoms with Crippen LogP contribution in [0.4, 0.5) is 0 Å². The summed E-state index contributed by atoms with van der Waals surface area (Å²) in [5.74, 6) is -0.444. The number of nitrogens with one attached hydrogen (secondary N) is 2. The number of aromatic nitrogens is 2. The number of H-pyrrole nitrogens is 1. The molecule has 4 rings (SSSR count). The van der Waals surface area contributed by atoms with E-state index in [1.54, 1.807) is 48.5 Å². The monoisotopic (exact) mass is 439 g/mol. The molecule has 2 aromatic carbocycles. The van der Waals surface area contributed by atoms with Gasteiger partial charge in [0.1, 0.15) is 0 Å². The van der Waals surface area contributed by atoms with Crippen LogP contribution in [0.25, 0.3) is 10.9 Å². The van der Waals surface area contributed by atoms with Gasteiger partial charge in [-0.3, -0.25) is 19.3 Å². The first-order valence-electron chi connectivity index (χ1n) is 10.1. The van der Waals surface area contributed by atoms with E-state index in [0.29, 0.717) is 60.8 Å². The summed E-state index contributed by atoms with van der Waals surface area (Å²) in [5.41, 5.74) is 0.734. The van der Waals surface area contributed by atoms with Crippen molar-refractivity contribution in [3.8, 4) is 0 Å². The minimum Gasteiger partial charge on any atom is -0.348 e. The van der Waals surface area contributed by atoms with Crippen molar-refractivity contribution in [3.63, 3.8) is 0 Å². The number of carbonyl (C=O) groups is 2. The number of aromatic amines is 1. The molecule has 31 heavy (non-hydrogen) atoms. The predicted octanol–water partition coefficient (Wildman–Crippen LogP) is 1.76. The maximum Gasteiger partial charge on any atom is 0.287 e. The molecule has 9 heteroatoms. The van der Waals surface area contributed by atoms with Gasteiger partial charge in [-0.25, -0.2) is 4.98 Å². The highest BCUT2D eigenvalue weighted by atomic mass is 35.5. The Morgan fingerprint density at radius 1 is 1.06 bits per heavy atom. The van der Waals surface area contributed by atoms with E-state index in [4.69, 9.17) is 11.6 Å². The number of halogens is 1. The minimum absolute atomic E-state index is 0.000591. The van der Waals surface area contributed by atoms with Crippen molar-refractivity contribution >= 4 is 34.3 Å². The zero-order chi connectivity index (χ0) is 21.8. The molecule has 1 saturated heterocycles. The molecule has 0 spiro atoms. The molecular weight excluding hydrogens is 418 g/mol. The number of piperazine rings is 1. The highest BCUT2D eigenvalue weighted by Gasteiger charge is 2.22. The van der Waals surface area contributed by atoms with Crippen molar-refractivity contribution in [1.29, 1.82) is 0 Å². The second-order valence-electron chi connectivity index (χ2n) is 7.33. The van der Waals surface area contributed by atoms with E-state index in [9.17, 15) is 14.4 Å². The fraction of sp³-hybridized carbons (Fsp3) is 0.273. The molecule has 2 amide bonds. The molecule has 1 fully saturated rings. The number of carbonyl (C=O) groups excluding carboxylic acids is 2. The van der Waals surface area contributed by atoms with Gasteiger partial charge in [-0.05, 0) is 30.3 Å². The molecule has 0 saturated carbocycles. The third kappa shape index (κ3) is 4.92. The number of hydrogen-bond acceptors (Lipinski definition) is 5. The fourth-order valence-corrected chi connectivity index (χ4v) is 3.77. The molecule has 3 aromatic rings. The average molecular weight is 440 g/mol. The summed E-state index contributed by atoms with van der Waals surface area (Å²) >= 11 is 5.98. The van der Waals surface area contributed by atoms with Crippen LogP contribution in [0, 0.1) is 0 Å². The van der Waals surface area contributed by atoms with Crippen LogP contribution in [0.2, 0.25) is 5.02 Å². The maximum absolute atomic E-state index is 12.6. The van der Waals surface area contributed by atoms with Crippen LogP contribution >= 0.6 is 11.6 Å². The third-order valence-electron chi connectivity index (χ3n) is 5.27. The van der Waals surface area contributed by atoms with Crippen LogP contribution in [0.1, 0.15) is 21.0 Å². The van der Waals surface area contributed by atoms with Crippen molar-refractivity contribution in [1.82, 2.24) is 25.1 Å². The van der Waals surface area contributed by atoms with Crippen molar-refractivity contribution in [3.05, 3.63) is 75.3 Å². The van der Waals surface area contributed by atoms with Crippen molar-refractivity contribution < 1.29 is 9.59 Å². The Balaban J connectivity index is 1.26. The first kappa shape index (κ1) is 21.0. The number of para-hydroxylation sites is 1. The second kappa shape index (κ2) is 9.28. The fourth-order valence-electron chi connectivity index (χ4n) is 3.58. The molecule has 0 atom stereocenters. The smallest absolute Gasteiger partial charge is 0.287 e. The Labute approximate surface area is 183 Å². The van der Waals surface area contributed by atoms with Gasteiger partial charge in [0.15, 0.2) is 5.82 Å². The van der Waals surface area contributed by atoms with Gasteiger partial charge >= 0.3 is 0 Å². The first-order valence-corrected chi connectivity index (χ1v) is 10.4. The number of nitrogens with zero attached hydrogens (tertiary/aromatic N) is 3. The lowest BCUT2D eigenvalue weighted by atomic mass is 10.2. The summed E-state index contributed by atoms with van der Waals surface area (Å²) in [5, 5.41) is 3.79. The molecule has 0 bridgehead atoms. The Morgan fingerprint density at radius 2 is 1.84 bits per heavy atom. The summed E-state index contributed by atoms with van der Waals surface area (Å²) in [6.07, 6.45) is 0. The lowest BCUT2D eigenvalue weighted by Crippen LogP contribution is -2.50. The van der Waals surface area contributed by atoms with Crippen LogP contribution in [0.5, 0.6) is 0 Å². The molecule has 8 nitrogen and oxygen atoms in total. The van der Waals surface area contributed by atoms with Gasteiger partial charge in [-0.15, -0.1) is 0 Å². The van der Waals surface area contributed by atoms with E-state index >= 15 is 0 Å². The molecule has 1 aliphatic heterocycles. The van der Waals surface area contributed by atoms with Crippen molar-refractivity contribution in [2.45, 2.75) is 0 Å². The normalized spacial score (nSPS) is 14.5. The van der Waals surface area contributed by atoms with Crippen LogP contribution in [0.3, 0.4) is 0 Å². The van der Waals surface area contributed by atoms with Crippen LogP contribution in [-0.2, 0) is 0 Å².